The Morgan fingerprint density at radius 2 is 1.79 bits per heavy atom. The number of piperidine rings is 1. The molecule has 162 valence electrons. The summed E-state index contributed by atoms with van der Waals surface area (Å²) in [6, 6.07) is 4.85. The van der Waals surface area contributed by atoms with Crippen LogP contribution in [0.3, 0.4) is 0 Å². The van der Waals surface area contributed by atoms with Crippen molar-refractivity contribution in [2.24, 2.45) is 0 Å². The van der Waals surface area contributed by atoms with Gasteiger partial charge in [0.25, 0.3) is 5.91 Å². The zero-order chi connectivity index (χ0) is 20.7. The molecule has 1 aliphatic carbocycles. The third-order valence-corrected chi connectivity index (χ3v) is 7.81. The molecule has 1 amide bonds. The van der Waals surface area contributed by atoms with Gasteiger partial charge in [0.1, 0.15) is 0 Å². The molecule has 1 saturated heterocycles. The van der Waals surface area contributed by atoms with Gasteiger partial charge in [0.15, 0.2) is 0 Å². The van der Waals surface area contributed by atoms with Gasteiger partial charge in [-0.15, -0.1) is 0 Å². The van der Waals surface area contributed by atoms with E-state index in [4.69, 9.17) is 4.74 Å². The minimum Gasteiger partial charge on any atom is -0.378 e. The van der Waals surface area contributed by atoms with Gasteiger partial charge in [-0.2, -0.15) is 4.31 Å². The van der Waals surface area contributed by atoms with Gasteiger partial charge < -0.3 is 10.1 Å². The number of carbonyl (C=O) groups excluding carboxylic acids is 1. The van der Waals surface area contributed by atoms with Crippen molar-refractivity contribution >= 4 is 15.9 Å². The van der Waals surface area contributed by atoms with E-state index in [0.717, 1.165) is 44.1 Å². The van der Waals surface area contributed by atoms with E-state index in [2.05, 4.69) is 5.32 Å². The van der Waals surface area contributed by atoms with Crippen molar-refractivity contribution < 1.29 is 17.9 Å². The van der Waals surface area contributed by atoms with Crippen LogP contribution in [0.5, 0.6) is 0 Å². The van der Waals surface area contributed by atoms with Crippen LogP contribution in [0.15, 0.2) is 23.1 Å². The molecule has 0 atom stereocenters. The highest BCUT2D eigenvalue weighted by molar-refractivity contribution is 7.89. The summed E-state index contributed by atoms with van der Waals surface area (Å²) in [5.41, 5.74) is 1.20. The number of amides is 1. The predicted molar refractivity (Wildman–Crippen MR) is 114 cm³/mol. The molecule has 1 aromatic carbocycles. The number of rotatable bonds is 8. The number of sulfonamides is 1. The summed E-state index contributed by atoms with van der Waals surface area (Å²) < 4.78 is 33.2. The molecule has 0 spiro atoms. The lowest BCUT2D eigenvalue weighted by atomic mass is 9.98. The Morgan fingerprint density at radius 1 is 1.10 bits per heavy atom. The quantitative estimate of drug-likeness (QED) is 0.649. The second-order valence-corrected chi connectivity index (χ2v) is 10.1. The molecule has 7 heteroatoms. The lowest BCUT2D eigenvalue weighted by molar-refractivity contribution is 0.0273. The maximum Gasteiger partial charge on any atom is 0.251 e. The third-order valence-electron chi connectivity index (χ3n) is 5.92. The fourth-order valence-electron chi connectivity index (χ4n) is 4.11. The van der Waals surface area contributed by atoms with Crippen LogP contribution in [-0.2, 0) is 14.8 Å². The molecule has 1 aliphatic heterocycles. The van der Waals surface area contributed by atoms with Crippen LogP contribution >= 0.6 is 0 Å². The standard InChI is InChI=1S/C22H34N2O4S/c1-18-11-12-20(29(26,27)24-14-6-3-7-15-24)17-21(18)22(25)23-13-8-16-28-19-9-4-2-5-10-19/h11-12,17,19H,2-10,13-16H2,1H3,(H,23,25). The van der Waals surface area contributed by atoms with Crippen LogP contribution in [0.4, 0.5) is 0 Å². The molecule has 0 bridgehead atoms. The Kier molecular flexibility index (Phi) is 8.09. The Hall–Kier alpha value is -1.44. The molecular formula is C22H34N2O4S. The molecule has 3 rings (SSSR count). The first-order chi connectivity index (χ1) is 14.0. The Labute approximate surface area is 175 Å². The minimum absolute atomic E-state index is 0.204. The van der Waals surface area contributed by atoms with E-state index in [-0.39, 0.29) is 10.8 Å². The molecular weight excluding hydrogens is 388 g/mol. The maximum absolute atomic E-state index is 12.9. The number of benzene rings is 1. The molecule has 2 aliphatic rings. The zero-order valence-electron chi connectivity index (χ0n) is 17.5. The van der Waals surface area contributed by atoms with Crippen molar-refractivity contribution in [3.8, 4) is 0 Å². The van der Waals surface area contributed by atoms with Crippen molar-refractivity contribution in [3.05, 3.63) is 29.3 Å². The van der Waals surface area contributed by atoms with E-state index in [1.807, 2.05) is 6.92 Å². The summed E-state index contributed by atoms with van der Waals surface area (Å²) in [6.45, 7) is 4.11. The van der Waals surface area contributed by atoms with Gasteiger partial charge in [0, 0.05) is 31.8 Å². The number of carbonyl (C=O) groups is 1. The van der Waals surface area contributed by atoms with Gasteiger partial charge in [-0.3, -0.25) is 4.79 Å². The van der Waals surface area contributed by atoms with Crippen molar-refractivity contribution in [3.63, 3.8) is 0 Å². The highest BCUT2D eigenvalue weighted by Gasteiger charge is 2.27. The minimum atomic E-state index is -3.54. The third kappa shape index (κ3) is 6.03. The maximum atomic E-state index is 12.9. The number of hydrogen-bond donors (Lipinski definition) is 1. The van der Waals surface area contributed by atoms with Crippen molar-refractivity contribution in [1.29, 1.82) is 0 Å². The average molecular weight is 423 g/mol. The molecule has 6 nitrogen and oxygen atoms in total. The molecule has 1 heterocycles. The van der Waals surface area contributed by atoms with E-state index in [9.17, 15) is 13.2 Å². The van der Waals surface area contributed by atoms with Crippen LogP contribution in [0, 0.1) is 6.92 Å². The van der Waals surface area contributed by atoms with Crippen molar-refractivity contribution in [2.45, 2.75) is 75.7 Å². The van der Waals surface area contributed by atoms with E-state index < -0.39 is 10.0 Å². The second-order valence-electron chi connectivity index (χ2n) is 8.18. The summed E-state index contributed by atoms with van der Waals surface area (Å²) in [7, 11) is -3.54. The van der Waals surface area contributed by atoms with Crippen LogP contribution in [-0.4, -0.2) is 51.0 Å². The number of hydrogen-bond acceptors (Lipinski definition) is 4. The molecule has 0 radical (unpaired) electrons. The molecule has 2 fully saturated rings. The Morgan fingerprint density at radius 3 is 2.52 bits per heavy atom. The first-order valence-corrected chi connectivity index (χ1v) is 12.4. The molecule has 1 aromatic rings. The molecule has 1 saturated carbocycles. The monoisotopic (exact) mass is 422 g/mol. The van der Waals surface area contributed by atoms with E-state index in [0.29, 0.717) is 37.9 Å². The summed E-state index contributed by atoms with van der Waals surface area (Å²) in [4.78, 5) is 12.8. The topological polar surface area (TPSA) is 75.7 Å². The predicted octanol–water partition coefficient (Wildman–Crippen LogP) is 3.64. The normalized spacial score (nSPS) is 19.2. The fourth-order valence-corrected chi connectivity index (χ4v) is 5.66. The van der Waals surface area contributed by atoms with E-state index >= 15 is 0 Å². The number of nitrogens with zero attached hydrogens (tertiary/aromatic N) is 1. The van der Waals surface area contributed by atoms with E-state index in [1.165, 1.54) is 29.6 Å². The molecule has 29 heavy (non-hydrogen) atoms. The summed E-state index contributed by atoms with van der Waals surface area (Å²) in [6.07, 6.45) is 10.1. The highest BCUT2D eigenvalue weighted by atomic mass is 32.2. The number of ether oxygens (including phenoxy) is 1. The van der Waals surface area contributed by atoms with Crippen molar-refractivity contribution in [1.82, 2.24) is 9.62 Å². The van der Waals surface area contributed by atoms with Crippen molar-refractivity contribution in [2.75, 3.05) is 26.2 Å². The lowest BCUT2D eigenvalue weighted by Crippen LogP contribution is -2.35. The van der Waals surface area contributed by atoms with Gasteiger partial charge in [0.2, 0.25) is 10.0 Å². The largest absolute Gasteiger partial charge is 0.378 e. The number of nitrogens with one attached hydrogen (secondary N) is 1. The first-order valence-electron chi connectivity index (χ1n) is 11.0. The van der Waals surface area contributed by atoms with Crippen LogP contribution in [0.1, 0.15) is 73.7 Å². The SMILES string of the molecule is Cc1ccc(S(=O)(=O)N2CCCCC2)cc1C(=O)NCCCOC1CCCCC1. The molecule has 1 N–H and O–H groups in total. The lowest BCUT2D eigenvalue weighted by Gasteiger charge is -2.26. The zero-order valence-corrected chi connectivity index (χ0v) is 18.3. The number of aryl methyl sites for hydroxylation is 1. The average Bonchev–Trinajstić information content (AvgIpc) is 2.75. The second kappa shape index (κ2) is 10.5. The van der Waals surface area contributed by atoms with Crippen LogP contribution in [0.25, 0.3) is 0 Å². The smallest absolute Gasteiger partial charge is 0.251 e. The van der Waals surface area contributed by atoms with Gasteiger partial charge >= 0.3 is 0 Å². The molecule has 0 unspecified atom stereocenters. The summed E-state index contributed by atoms with van der Waals surface area (Å²) >= 11 is 0. The summed E-state index contributed by atoms with van der Waals surface area (Å²) in [5.74, 6) is -0.226. The Balaban J connectivity index is 1.53. The first kappa shape index (κ1) is 22.2. The van der Waals surface area contributed by atoms with Crippen LogP contribution in [0.2, 0.25) is 0 Å². The van der Waals surface area contributed by atoms with E-state index in [1.54, 1.807) is 12.1 Å². The summed E-state index contributed by atoms with van der Waals surface area (Å²) in [5, 5.41) is 2.91. The van der Waals surface area contributed by atoms with Gasteiger partial charge in [-0.1, -0.05) is 31.7 Å². The van der Waals surface area contributed by atoms with Gasteiger partial charge in [-0.05, 0) is 56.7 Å². The molecule has 0 aromatic heterocycles. The Bertz CT molecular complexity index is 782. The fraction of sp³-hybridized carbons (Fsp3) is 0.682. The van der Waals surface area contributed by atoms with Gasteiger partial charge in [0.05, 0.1) is 11.0 Å². The highest BCUT2D eigenvalue weighted by Crippen LogP contribution is 2.23. The van der Waals surface area contributed by atoms with Gasteiger partial charge in [-0.25, -0.2) is 8.42 Å². The van der Waals surface area contributed by atoms with Crippen LogP contribution < -0.4 is 5.32 Å².